The van der Waals surface area contributed by atoms with Crippen LogP contribution in [-0.4, -0.2) is 46.6 Å². The molecule has 0 aromatic heterocycles. The maximum atomic E-state index is 11.8. The van der Waals surface area contributed by atoms with Crippen LogP contribution < -0.4 is 5.32 Å². The first kappa shape index (κ1) is 23.4. The molecule has 1 aliphatic carbocycles. The molecule has 0 atom stereocenters. The number of nitrogens with one attached hydrogen (secondary N) is 1. The number of nitrogens with zero attached hydrogens (tertiary/aromatic N) is 2. The average Bonchev–Trinajstić information content (AvgIpc) is 2.66. The van der Waals surface area contributed by atoms with Crippen LogP contribution in [0.2, 0.25) is 0 Å². The number of thioether (sulfide) groups is 1. The highest BCUT2D eigenvalue weighted by Crippen LogP contribution is 2.61. The van der Waals surface area contributed by atoms with Crippen LogP contribution >= 0.6 is 30.4 Å². The molecule has 1 N–H and O–H groups in total. The number of hydrogen-bond donors (Lipinski definition) is 1. The maximum Gasteiger partial charge on any atom is 0.434 e. The molecule has 2 fully saturated rings. The third kappa shape index (κ3) is 7.49. The highest BCUT2D eigenvalue weighted by molar-refractivity contribution is 8.15. The lowest BCUT2D eigenvalue weighted by molar-refractivity contribution is 0.0468. The van der Waals surface area contributed by atoms with Crippen LogP contribution in [0.5, 0.6) is 0 Å². The Bertz CT molecular complexity index is 571. The summed E-state index contributed by atoms with van der Waals surface area (Å²) in [5, 5.41) is 7.12. The zero-order valence-corrected chi connectivity index (χ0v) is 19.8. The van der Waals surface area contributed by atoms with Crippen LogP contribution in [0.1, 0.15) is 52.9 Å². The zero-order valence-electron chi connectivity index (χ0n) is 16.4. The van der Waals surface area contributed by atoms with Crippen molar-refractivity contribution >= 4 is 53.3 Å². The summed E-state index contributed by atoms with van der Waals surface area (Å²) in [6.07, 6.45) is 7.05. The minimum Gasteiger partial charge on any atom is -0.317 e. The van der Waals surface area contributed by atoms with Crippen molar-refractivity contribution in [3.05, 3.63) is 0 Å². The van der Waals surface area contributed by atoms with Crippen LogP contribution in [0.3, 0.4) is 0 Å². The summed E-state index contributed by atoms with van der Waals surface area (Å²) < 4.78 is 14.3. The van der Waals surface area contributed by atoms with E-state index in [4.69, 9.17) is 25.7 Å². The molecular weight excluding hydrogens is 425 g/mol. The van der Waals surface area contributed by atoms with E-state index in [0.717, 1.165) is 12.8 Å². The SMILES string of the molecule is CS/C(C)=N/OC(=O)NCSN(C1CCCCC1)P1(=S)OCC(C)(C)CO1. The first-order valence-electron chi connectivity index (χ1n) is 9.11. The smallest absolute Gasteiger partial charge is 0.317 e. The number of oxime groups is 1. The van der Waals surface area contributed by atoms with E-state index in [-0.39, 0.29) is 5.41 Å². The summed E-state index contributed by atoms with van der Waals surface area (Å²) in [5.74, 6) is 0.331. The second-order valence-corrected chi connectivity index (χ2v) is 12.9. The molecule has 0 unspecified atom stereocenters. The third-order valence-electron chi connectivity index (χ3n) is 4.33. The predicted octanol–water partition coefficient (Wildman–Crippen LogP) is 4.95. The van der Waals surface area contributed by atoms with Gasteiger partial charge in [0.05, 0.1) is 19.1 Å². The summed E-state index contributed by atoms with van der Waals surface area (Å²) in [7, 11) is 0. The van der Waals surface area contributed by atoms with E-state index in [1.54, 1.807) is 6.92 Å². The number of carbonyl (C=O) groups is 1. The van der Waals surface area contributed by atoms with Gasteiger partial charge < -0.3 is 14.4 Å². The van der Waals surface area contributed by atoms with Crippen LogP contribution in [0.15, 0.2) is 5.16 Å². The molecule has 0 bridgehead atoms. The van der Waals surface area contributed by atoms with Crippen molar-refractivity contribution in [1.82, 2.24) is 9.39 Å². The molecule has 1 saturated carbocycles. The van der Waals surface area contributed by atoms with Gasteiger partial charge in [0.1, 0.15) is 5.04 Å². The molecule has 1 saturated heterocycles. The van der Waals surface area contributed by atoms with Gasteiger partial charge in [0.15, 0.2) is 0 Å². The van der Waals surface area contributed by atoms with Gasteiger partial charge >= 0.3 is 6.09 Å². The summed E-state index contributed by atoms with van der Waals surface area (Å²) in [5.41, 5.74) is -0.0274. The Kier molecular flexibility index (Phi) is 9.38. The highest BCUT2D eigenvalue weighted by Gasteiger charge is 2.41. The van der Waals surface area contributed by atoms with Crippen LogP contribution in [0.25, 0.3) is 0 Å². The van der Waals surface area contributed by atoms with E-state index in [2.05, 4.69) is 28.4 Å². The van der Waals surface area contributed by atoms with Gasteiger partial charge in [0.25, 0.3) is 6.64 Å². The lowest BCUT2D eigenvalue weighted by Crippen LogP contribution is -2.38. The molecule has 0 radical (unpaired) electrons. The highest BCUT2D eigenvalue weighted by atomic mass is 32.5. The molecule has 1 aliphatic heterocycles. The number of carbonyl (C=O) groups excluding carboxylic acids is 1. The number of hydrogen-bond acceptors (Lipinski definition) is 8. The normalized spacial score (nSPS) is 23.2. The van der Waals surface area contributed by atoms with Crippen molar-refractivity contribution in [2.45, 2.75) is 58.9 Å². The van der Waals surface area contributed by atoms with E-state index in [0.29, 0.717) is 30.2 Å². The fourth-order valence-electron chi connectivity index (χ4n) is 2.72. The Labute approximate surface area is 176 Å². The quantitative estimate of drug-likeness (QED) is 0.115. The first-order valence-corrected chi connectivity index (χ1v) is 13.9. The van der Waals surface area contributed by atoms with E-state index in [9.17, 15) is 4.79 Å². The van der Waals surface area contributed by atoms with E-state index in [1.165, 1.54) is 43.0 Å². The largest absolute Gasteiger partial charge is 0.434 e. The van der Waals surface area contributed by atoms with Crippen LogP contribution in [-0.2, 0) is 25.7 Å². The van der Waals surface area contributed by atoms with Gasteiger partial charge in [-0.25, -0.2) is 4.79 Å². The molecule has 0 aromatic carbocycles. The molecular formula is C16H30N3O4PS3. The Morgan fingerprint density at radius 1 is 1.33 bits per heavy atom. The summed E-state index contributed by atoms with van der Waals surface area (Å²) in [4.78, 5) is 16.6. The van der Waals surface area contributed by atoms with Crippen molar-refractivity contribution in [2.24, 2.45) is 10.6 Å². The van der Waals surface area contributed by atoms with Gasteiger partial charge in [-0.15, -0.1) is 11.8 Å². The van der Waals surface area contributed by atoms with Crippen LogP contribution in [0, 0.1) is 5.41 Å². The fraction of sp³-hybridized carbons (Fsp3) is 0.875. The molecule has 156 valence electrons. The van der Waals surface area contributed by atoms with Crippen molar-refractivity contribution < 1.29 is 18.7 Å². The molecule has 1 heterocycles. The Hall–Kier alpha value is 0.170. The van der Waals surface area contributed by atoms with Crippen molar-refractivity contribution in [3.8, 4) is 0 Å². The summed E-state index contributed by atoms with van der Waals surface area (Å²) in [6.45, 7) is 4.62. The second-order valence-electron chi connectivity index (χ2n) is 7.42. The second kappa shape index (κ2) is 10.8. The molecule has 11 heteroatoms. The molecule has 1 amide bonds. The fourth-order valence-corrected chi connectivity index (χ4v) is 7.68. The summed E-state index contributed by atoms with van der Waals surface area (Å²) >= 11 is 8.73. The standard InChI is InChI=1S/C16H30N3O4PS3/c1-13(26-4)18-23-15(20)17-12-27-19(14-8-6-5-7-9-14)24(25)21-10-16(2,3)11-22-24/h14H,5-12H2,1-4H3,(H,17,20)/b18-13+. The molecule has 0 spiro atoms. The van der Waals surface area contributed by atoms with E-state index in [1.807, 2.05) is 6.26 Å². The molecule has 7 nitrogen and oxygen atoms in total. The average molecular weight is 456 g/mol. The lowest BCUT2D eigenvalue weighted by Gasteiger charge is -2.44. The van der Waals surface area contributed by atoms with E-state index >= 15 is 0 Å². The summed E-state index contributed by atoms with van der Waals surface area (Å²) in [6, 6.07) is 0.311. The Balaban J connectivity index is 1.95. The number of amides is 1. The van der Waals surface area contributed by atoms with Crippen molar-refractivity contribution in [1.29, 1.82) is 0 Å². The third-order valence-corrected chi connectivity index (χ3v) is 10.0. The van der Waals surface area contributed by atoms with E-state index < -0.39 is 12.7 Å². The molecule has 2 aliphatic rings. The van der Waals surface area contributed by atoms with Gasteiger partial charge in [-0.2, -0.15) is 4.08 Å². The Morgan fingerprint density at radius 2 is 1.96 bits per heavy atom. The first-order chi connectivity index (χ1) is 12.8. The van der Waals surface area contributed by atoms with Gasteiger partial charge in [0.2, 0.25) is 0 Å². The monoisotopic (exact) mass is 455 g/mol. The van der Waals surface area contributed by atoms with Gasteiger partial charge in [-0.3, -0.25) is 4.84 Å². The lowest BCUT2D eigenvalue weighted by atomic mass is 9.96. The number of rotatable bonds is 6. The Morgan fingerprint density at radius 3 is 2.56 bits per heavy atom. The van der Waals surface area contributed by atoms with Crippen molar-refractivity contribution in [3.63, 3.8) is 0 Å². The molecule has 2 rings (SSSR count). The molecule has 27 heavy (non-hydrogen) atoms. The zero-order chi connectivity index (χ0) is 19.9. The van der Waals surface area contributed by atoms with Crippen molar-refractivity contribution in [2.75, 3.05) is 25.3 Å². The van der Waals surface area contributed by atoms with Gasteiger partial charge in [0, 0.05) is 11.5 Å². The molecule has 0 aromatic rings. The topological polar surface area (TPSA) is 72.4 Å². The van der Waals surface area contributed by atoms with Gasteiger partial charge in [-0.05, 0) is 49.8 Å². The minimum atomic E-state index is -2.56. The van der Waals surface area contributed by atoms with Crippen LogP contribution in [0.4, 0.5) is 4.79 Å². The van der Waals surface area contributed by atoms with Gasteiger partial charge in [-0.1, -0.05) is 38.3 Å². The maximum absolute atomic E-state index is 11.8. The minimum absolute atomic E-state index is 0.0274. The predicted molar refractivity (Wildman–Crippen MR) is 117 cm³/mol.